The fraction of sp³-hybridized carbons (Fsp3) is 0.462. The first-order valence-corrected chi connectivity index (χ1v) is 5.83. The number of rotatable bonds is 3. The zero-order valence-electron chi connectivity index (χ0n) is 9.97. The number of nitrogens with zero attached hydrogens (tertiary/aromatic N) is 1. The largest absolute Gasteiger partial charge is 0.396 e. The van der Waals surface area contributed by atoms with Gasteiger partial charge >= 0.3 is 0 Å². The van der Waals surface area contributed by atoms with Gasteiger partial charge in [0.1, 0.15) is 6.04 Å². The minimum Gasteiger partial charge on any atom is -0.396 e. The van der Waals surface area contributed by atoms with Crippen LogP contribution in [0.1, 0.15) is 17.2 Å². The van der Waals surface area contributed by atoms with Crippen molar-refractivity contribution in [1.29, 1.82) is 0 Å². The van der Waals surface area contributed by atoms with Crippen LogP contribution in [0.2, 0.25) is 0 Å². The number of likely N-dealkylation sites (tertiary alicyclic amines) is 1. The first-order chi connectivity index (χ1) is 8.11. The maximum Gasteiger partial charge on any atom is 0.244 e. The van der Waals surface area contributed by atoms with Gasteiger partial charge in [0.15, 0.2) is 0 Å². The molecule has 4 heteroatoms. The third-order valence-corrected chi connectivity index (χ3v) is 3.23. The fourth-order valence-electron chi connectivity index (χ4n) is 1.98. The zero-order chi connectivity index (χ0) is 12.4. The second-order valence-corrected chi connectivity index (χ2v) is 4.68. The van der Waals surface area contributed by atoms with Gasteiger partial charge in [-0.2, -0.15) is 0 Å². The summed E-state index contributed by atoms with van der Waals surface area (Å²) >= 11 is 0. The number of carbonyl (C=O) groups is 1. The van der Waals surface area contributed by atoms with E-state index in [1.54, 1.807) is 4.90 Å². The molecule has 1 aromatic carbocycles. The van der Waals surface area contributed by atoms with Crippen molar-refractivity contribution in [2.45, 2.75) is 13.0 Å². The summed E-state index contributed by atoms with van der Waals surface area (Å²) in [4.78, 5) is 13.7. The number of amides is 1. The number of hydrogen-bond donors (Lipinski definition) is 2. The molecule has 1 aliphatic rings. The topological polar surface area (TPSA) is 66.6 Å². The Morgan fingerprint density at radius 1 is 1.47 bits per heavy atom. The van der Waals surface area contributed by atoms with E-state index >= 15 is 0 Å². The maximum absolute atomic E-state index is 12.0. The minimum absolute atomic E-state index is 0.0569. The Bertz CT molecular complexity index is 396. The van der Waals surface area contributed by atoms with Crippen LogP contribution in [-0.4, -0.2) is 35.6 Å². The van der Waals surface area contributed by atoms with Gasteiger partial charge in [0.2, 0.25) is 5.91 Å². The number of carbonyl (C=O) groups excluding carboxylic acids is 1. The molecule has 4 nitrogen and oxygen atoms in total. The average Bonchev–Trinajstić information content (AvgIpc) is 2.27. The summed E-state index contributed by atoms with van der Waals surface area (Å²) in [6.07, 6.45) is 0. The average molecular weight is 234 g/mol. The van der Waals surface area contributed by atoms with Gasteiger partial charge in [0.05, 0.1) is 0 Å². The van der Waals surface area contributed by atoms with Gasteiger partial charge in [-0.25, -0.2) is 0 Å². The van der Waals surface area contributed by atoms with E-state index in [4.69, 9.17) is 10.8 Å². The first-order valence-electron chi connectivity index (χ1n) is 5.83. The molecule has 92 valence electrons. The Balaban J connectivity index is 1.98. The highest BCUT2D eigenvalue weighted by Gasteiger charge is 2.32. The van der Waals surface area contributed by atoms with Crippen molar-refractivity contribution in [1.82, 2.24) is 4.90 Å². The summed E-state index contributed by atoms with van der Waals surface area (Å²) in [5, 5.41) is 8.90. The number of aliphatic hydroxyl groups excluding tert-OH is 1. The molecule has 1 amide bonds. The van der Waals surface area contributed by atoms with Crippen LogP contribution in [-0.2, 0) is 4.79 Å². The van der Waals surface area contributed by atoms with Crippen molar-refractivity contribution in [2.75, 3.05) is 19.7 Å². The molecule has 2 rings (SSSR count). The van der Waals surface area contributed by atoms with E-state index < -0.39 is 6.04 Å². The van der Waals surface area contributed by atoms with Gasteiger partial charge in [-0.3, -0.25) is 4.79 Å². The summed E-state index contributed by atoms with van der Waals surface area (Å²) in [5.41, 5.74) is 7.92. The van der Waals surface area contributed by atoms with Crippen LogP contribution in [0.25, 0.3) is 0 Å². The lowest BCUT2D eigenvalue weighted by molar-refractivity contribution is -0.140. The van der Waals surface area contributed by atoms with Crippen LogP contribution in [0.15, 0.2) is 24.3 Å². The highest BCUT2D eigenvalue weighted by molar-refractivity contribution is 5.83. The molecule has 1 saturated heterocycles. The molecular weight excluding hydrogens is 216 g/mol. The second kappa shape index (κ2) is 4.85. The SMILES string of the molecule is Cc1ccc(C(N)C(=O)N2CC(CO)C2)cc1. The van der Waals surface area contributed by atoms with E-state index in [9.17, 15) is 4.79 Å². The summed E-state index contributed by atoms with van der Waals surface area (Å²) in [5.74, 6) is 0.169. The summed E-state index contributed by atoms with van der Waals surface area (Å²) in [6, 6.07) is 7.10. The predicted octanol–water partition coefficient (Wildman–Crippen LogP) is 0.446. The molecule has 1 aliphatic heterocycles. The molecule has 1 fully saturated rings. The molecule has 0 bridgehead atoms. The lowest BCUT2D eigenvalue weighted by atomic mass is 9.98. The normalized spacial score (nSPS) is 17.7. The molecule has 1 aromatic rings. The van der Waals surface area contributed by atoms with Crippen molar-refractivity contribution in [3.63, 3.8) is 0 Å². The predicted molar refractivity (Wildman–Crippen MR) is 65.3 cm³/mol. The van der Waals surface area contributed by atoms with Gasteiger partial charge in [0.25, 0.3) is 0 Å². The van der Waals surface area contributed by atoms with Crippen LogP contribution in [0.5, 0.6) is 0 Å². The number of aryl methyl sites for hydroxylation is 1. The van der Waals surface area contributed by atoms with Gasteiger partial charge in [-0.05, 0) is 12.5 Å². The smallest absolute Gasteiger partial charge is 0.244 e. The van der Waals surface area contributed by atoms with Crippen LogP contribution in [0, 0.1) is 12.8 Å². The molecule has 3 N–H and O–H groups in total. The zero-order valence-corrected chi connectivity index (χ0v) is 9.97. The molecule has 0 saturated carbocycles. The summed E-state index contributed by atoms with van der Waals surface area (Å²) in [6.45, 7) is 3.38. The van der Waals surface area contributed by atoms with Gasteiger partial charge in [-0.15, -0.1) is 0 Å². The monoisotopic (exact) mass is 234 g/mol. The molecule has 0 spiro atoms. The quantitative estimate of drug-likeness (QED) is 0.797. The lowest BCUT2D eigenvalue weighted by Gasteiger charge is -2.39. The molecule has 1 atom stereocenters. The number of nitrogens with two attached hydrogens (primary N) is 1. The molecule has 1 heterocycles. The highest BCUT2D eigenvalue weighted by Crippen LogP contribution is 2.20. The van der Waals surface area contributed by atoms with Crippen molar-refractivity contribution >= 4 is 5.91 Å². The van der Waals surface area contributed by atoms with Crippen molar-refractivity contribution < 1.29 is 9.90 Å². The molecular formula is C13H18N2O2. The Morgan fingerprint density at radius 3 is 2.59 bits per heavy atom. The Kier molecular flexibility index (Phi) is 3.45. The minimum atomic E-state index is -0.588. The molecule has 0 aromatic heterocycles. The van der Waals surface area contributed by atoms with E-state index in [2.05, 4.69) is 0 Å². The van der Waals surface area contributed by atoms with Crippen molar-refractivity contribution in [3.05, 3.63) is 35.4 Å². The van der Waals surface area contributed by atoms with E-state index in [-0.39, 0.29) is 18.4 Å². The third kappa shape index (κ3) is 2.48. The van der Waals surface area contributed by atoms with E-state index in [1.165, 1.54) is 0 Å². The molecule has 17 heavy (non-hydrogen) atoms. The highest BCUT2D eigenvalue weighted by atomic mass is 16.3. The standard InChI is InChI=1S/C13H18N2O2/c1-9-2-4-11(5-3-9)12(14)13(17)15-6-10(7-15)8-16/h2-5,10,12,16H,6-8,14H2,1H3. The third-order valence-electron chi connectivity index (χ3n) is 3.23. The van der Waals surface area contributed by atoms with Gasteiger partial charge in [0, 0.05) is 25.6 Å². The van der Waals surface area contributed by atoms with E-state index in [0.29, 0.717) is 13.1 Å². The molecule has 0 radical (unpaired) electrons. The van der Waals surface area contributed by atoms with Crippen LogP contribution < -0.4 is 5.73 Å². The first kappa shape index (κ1) is 12.1. The molecule has 0 aliphatic carbocycles. The summed E-state index contributed by atoms with van der Waals surface area (Å²) < 4.78 is 0. The number of hydrogen-bond acceptors (Lipinski definition) is 3. The van der Waals surface area contributed by atoms with E-state index in [1.807, 2.05) is 31.2 Å². The molecule has 1 unspecified atom stereocenters. The van der Waals surface area contributed by atoms with Crippen LogP contribution >= 0.6 is 0 Å². The van der Waals surface area contributed by atoms with Crippen LogP contribution in [0.3, 0.4) is 0 Å². The van der Waals surface area contributed by atoms with Crippen molar-refractivity contribution in [2.24, 2.45) is 11.7 Å². The van der Waals surface area contributed by atoms with Gasteiger partial charge in [-0.1, -0.05) is 29.8 Å². The number of benzene rings is 1. The maximum atomic E-state index is 12.0. The van der Waals surface area contributed by atoms with Gasteiger partial charge < -0.3 is 15.7 Å². The lowest BCUT2D eigenvalue weighted by Crippen LogP contribution is -2.53. The summed E-state index contributed by atoms with van der Waals surface area (Å²) in [7, 11) is 0. The Labute approximate surface area is 101 Å². The Morgan fingerprint density at radius 2 is 2.06 bits per heavy atom. The number of aliphatic hydroxyl groups is 1. The van der Waals surface area contributed by atoms with Crippen LogP contribution in [0.4, 0.5) is 0 Å². The van der Waals surface area contributed by atoms with Crippen molar-refractivity contribution in [3.8, 4) is 0 Å². The Hall–Kier alpha value is -1.39. The second-order valence-electron chi connectivity index (χ2n) is 4.68. The van der Waals surface area contributed by atoms with E-state index in [0.717, 1.165) is 11.1 Å². The fourth-order valence-corrected chi connectivity index (χ4v) is 1.98.